The van der Waals surface area contributed by atoms with Gasteiger partial charge in [0.1, 0.15) is 12.6 Å². The Morgan fingerprint density at radius 2 is 1.48 bits per heavy atom. The van der Waals surface area contributed by atoms with E-state index in [1.807, 2.05) is 55.5 Å². The van der Waals surface area contributed by atoms with E-state index in [1.165, 1.54) is 17.0 Å². The van der Waals surface area contributed by atoms with Gasteiger partial charge in [-0.1, -0.05) is 104 Å². The summed E-state index contributed by atoms with van der Waals surface area (Å²) in [5, 5.41) is 3.79. The SMILES string of the molecule is Cc1cccc(N(CC(=O)N(Cc2ccc(Cl)cc2)C(Cc2ccccc2)C(=O)NC2CCCCC2)S(=O)(=O)c2ccccc2)c1. The summed E-state index contributed by atoms with van der Waals surface area (Å²) in [6.07, 6.45) is 5.30. The molecule has 0 saturated heterocycles. The number of hydrogen-bond donors (Lipinski definition) is 1. The van der Waals surface area contributed by atoms with E-state index in [0.717, 1.165) is 53.1 Å². The van der Waals surface area contributed by atoms with Crippen molar-refractivity contribution in [1.29, 1.82) is 0 Å². The van der Waals surface area contributed by atoms with E-state index in [0.29, 0.717) is 10.7 Å². The van der Waals surface area contributed by atoms with Crippen molar-refractivity contribution in [2.24, 2.45) is 0 Å². The molecule has 1 fully saturated rings. The maximum absolute atomic E-state index is 14.6. The Morgan fingerprint density at radius 3 is 2.13 bits per heavy atom. The number of carbonyl (C=O) groups excluding carboxylic acids is 2. The van der Waals surface area contributed by atoms with Crippen molar-refractivity contribution in [3.63, 3.8) is 0 Å². The number of amides is 2. The molecule has 0 spiro atoms. The Bertz CT molecular complexity index is 1710. The summed E-state index contributed by atoms with van der Waals surface area (Å²) in [5.41, 5.74) is 2.89. The molecule has 240 valence electrons. The zero-order valence-corrected chi connectivity index (χ0v) is 27.6. The van der Waals surface area contributed by atoms with Gasteiger partial charge in [-0.05, 0) is 72.9 Å². The highest BCUT2D eigenvalue weighted by Gasteiger charge is 2.35. The van der Waals surface area contributed by atoms with Gasteiger partial charge in [-0.2, -0.15) is 0 Å². The third kappa shape index (κ3) is 8.56. The fourth-order valence-corrected chi connectivity index (χ4v) is 7.47. The molecule has 0 aromatic heterocycles. The van der Waals surface area contributed by atoms with Gasteiger partial charge in [0, 0.05) is 24.0 Å². The van der Waals surface area contributed by atoms with Crippen molar-refractivity contribution in [2.45, 2.75) is 69.0 Å². The topological polar surface area (TPSA) is 86.8 Å². The van der Waals surface area contributed by atoms with Crippen molar-refractivity contribution in [2.75, 3.05) is 10.8 Å². The van der Waals surface area contributed by atoms with Gasteiger partial charge in [0.05, 0.1) is 10.6 Å². The molecule has 1 unspecified atom stereocenters. The Kier molecular flexibility index (Phi) is 11.1. The van der Waals surface area contributed by atoms with E-state index >= 15 is 0 Å². The number of aryl methyl sites for hydroxylation is 1. The molecule has 0 radical (unpaired) electrons. The lowest BCUT2D eigenvalue weighted by Gasteiger charge is -2.35. The number of nitrogens with zero attached hydrogens (tertiary/aromatic N) is 2. The third-order valence-corrected chi connectivity index (χ3v) is 10.4. The molecule has 0 bridgehead atoms. The van der Waals surface area contributed by atoms with Crippen LogP contribution in [0.3, 0.4) is 0 Å². The van der Waals surface area contributed by atoms with Gasteiger partial charge in [0.15, 0.2) is 0 Å². The second kappa shape index (κ2) is 15.4. The number of nitrogens with one attached hydrogen (secondary N) is 1. The van der Waals surface area contributed by atoms with Crippen molar-refractivity contribution in [1.82, 2.24) is 10.2 Å². The van der Waals surface area contributed by atoms with Crippen LogP contribution in [0.5, 0.6) is 0 Å². The molecule has 2 amide bonds. The van der Waals surface area contributed by atoms with E-state index in [2.05, 4.69) is 5.32 Å². The molecule has 0 heterocycles. The molecule has 1 N–H and O–H groups in total. The van der Waals surface area contributed by atoms with Crippen LogP contribution < -0.4 is 9.62 Å². The summed E-state index contributed by atoms with van der Waals surface area (Å²) in [7, 11) is -4.14. The minimum absolute atomic E-state index is 0.0364. The first-order chi connectivity index (χ1) is 22.2. The zero-order valence-electron chi connectivity index (χ0n) is 26.0. The van der Waals surface area contributed by atoms with E-state index < -0.39 is 28.5 Å². The van der Waals surface area contributed by atoms with Gasteiger partial charge in [-0.15, -0.1) is 0 Å². The predicted octanol–water partition coefficient (Wildman–Crippen LogP) is 6.93. The van der Waals surface area contributed by atoms with Crippen LogP contribution in [0.2, 0.25) is 5.02 Å². The Hall–Kier alpha value is -4.14. The highest BCUT2D eigenvalue weighted by molar-refractivity contribution is 7.92. The number of anilines is 1. The van der Waals surface area contributed by atoms with Gasteiger partial charge in [0.25, 0.3) is 10.0 Å². The number of sulfonamides is 1. The average molecular weight is 658 g/mol. The molecule has 9 heteroatoms. The van der Waals surface area contributed by atoms with Gasteiger partial charge >= 0.3 is 0 Å². The van der Waals surface area contributed by atoms with E-state index in [1.54, 1.807) is 48.5 Å². The van der Waals surface area contributed by atoms with Crippen LogP contribution in [0, 0.1) is 6.92 Å². The van der Waals surface area contributed by atoms with Crippen LogP contribution in [-0.4, -0.2) is 43.8 Å². The van der Waals surface area contributed by atoms with Crippen LogP contribution in [0.25, 0.3) is 0 Å². The standard InChI is InChI=1S/C37H40ClN3O4S/c1-28-12-11-17-33(24-28)41(46(44,45)34-18-9-4-10-19-34)27-36(42)40(26-30-20-22-31(38)23-21-30)35(25-29-13-5-2-6-14-29)37(43)39-32-15-7-3-8-16-32/h2,4-6,9-14,17-24,32,35H,3,7-8,15-16,25-27H2,1H3,(H,39,43). The monoisotopic (exact) mass is 657 g/mol. The van der Waals surface area contributed by atoms with Gasteiger partial charge < -0.3 is 10.2 Å². The Labute approximate surface area is 277 Å². The van der Waals surface area contributed by atoms with Crippen LogP contribution in [0.1, 0.15) is 48.8 Å². The molecule has 1 aliphatic rings. The smallest absolute Gasteiger partial charge is 0.264 e. The molecule has 7 nitrogen and oxygen atoms in total. The number of carbonyl (C=O) groups is 2. The second-order valence-corrected chi connectivity index (χ2v) is 14.2. The zero-order chi connectivity index (χ0) is 32.5. The average Bonchev–Trinajstić information content (AvgIpc) is 3.07. The Morgan fingerprint density at radius 1 is 0.826 bits per heavy atom. The largest absolute Gasteiger partial charge is 0.352 e. The van der Waals surface area contributed by atoms with Gasteiger partial charge in [-0.25, -0.2) is 8.42 Å². The molecule has 1 aliphatic carbocycles. The first-order valence-electron chi connectivity index (χ1n) is 15.7. The maximum Gasteiger partial charge on any atom is 0.264 e. The minimum atomic E-state index is -4.14. The number of hydrogen-bond acceptors (Lipinski definition) is 4. The van der Waals surface area contributed by atoms with Crippen molar-refractivity contribution in [3.8, 4) is 0 Å². The summed E-state index contributed by atoms with van der Waals surface area (Å²) >= 11 is 6.18. The second-order valence-electron chi connectivity index (χ2n) is 11.9. The molecule has 1 atom stereocenters. The first-order valence-corrected chi connectivity index (χ1v) is 17.6. The lowest BCUT2D eigenvalue weighted by atomic mass is 9.94. The van der Waals surface area contributed by atoms with Gasteiger partial charge in [0.2, 0.25) is 11.8 Å². The van der Waals surface area contributed by atoms with Crippen LogP contribution in [0.4, 0.5) is 5.69 Å². The fourth-order valence-electron chi connectivity index (χ4n) is 5.92. The Balaban J connectivity index is 1.55. The molecule has 46 heavy (non-hydrogen) atoms. The van der Waals surface area contributed by atoms with E-state index in [4.69, 9.17) is 11.6 Å². The number of rotatable bonds is 12. The van der Waals surface area contributed by atoms with Gasteiger partial charge in [-0.3, -0.25) is 13.9 Å². The third-order valence-electron chi connectivity index (χ3n) is 8.39. The minimum Gasteiger partial charge on any atom is -0.352 e. The number of benzene rings is 4. The summed E-state index contributed by atoms with van der Waals surface area (Å²) in [6.45, 7) is 1.48. The highest BCUT2D eigenvalue weighted by Crippen LogP contribution is 2.26. The van der Waals surface area contributed by atoms with Crippen LogP contribution in [-0.2, 0) is 32.6 Å². The molecule has 4 aromatic rings. The molecular formula is C37H40ClN3O4S. The summed E-state index contributed by atoms with van der Waals surface area (Å²) in [5.74, 6) is -0.734. The predicted molar refractivity (Wildman–Crippen MR) is 183 cm³/mol. The highest BCUT2D eigenvalue weighted by atomic mass is 35.5. The summed E-state index contributed by atoms with van der Waals surface area (Å²) < 4.78 is 29.4. The normalized spacial score (nSPS) is 14.3. The molecular weight excluding hydrogens is 618 g/mol. The number of halogens is 1. The molecule has 0 aliphatic heterocycles. The quantitative estimate of drug-likeness (QED) is 0.179. The van der Waals surface area contributed by atoms with Crippen molar-refractivity contribution < 1.29 is 18.0 Å². The molecule has 5 rings (SSSR count). The summed E-state index contributed by atoms with van der Waals surface area (Å²) in [4.78, 5) is 30.4. The molecule has 1 saturated carbocycles. The van der Waals surface area contributed by atoms with Crippen molar-refractivity contribution in [3.05, 3.63) is 131 Å². The van der Waals surface area contributed by atoms with E-state index in [9.17, 15) is 18.0 Å². The van der Waals surface area contributed by atoms with Crippen LogP contribution >= 0.6 is 11.6 Å². The lowest BCUT2D eigenvalue weighted by molar-refractivity contribution is -0.140. The fraction of sp³-hybridized carbons (Fsp3) is 0.297. The molecule has 4 aromatic carbocycles. The van der Waals surface area contributed by atoms with Crippen LogP contribution in [0.15, 0.2) is 114 Å². The summed E-state index contributed by atoms with van der Waals surface area (Å²) in [6, 6.07) is 31.0. The first kappa shape index (κ1) is 33.2. The lowest BCUT2D eigenvalue weighted by Crippen LogP contribution is -2.55. The maximum atomic E-state index is 14.6. The van der Waals surface area contributed by atoms with E-state index in [-0.39, 0.29) is 29.8 Å². The van der Waals surface area contributed by atoms with Crippen molar-refractivity contribution >= 4 is 39.1 Å².